The van der Waals surface area contributed by atoms with Crippen molar-refractivity contribution in [2.75, 3.05) is 6.61 Å². The maximum Gasteiger partial charge on any atom is 0.415 e. The number of alkyl halides is 2. The van der Waals surface area contributed by atoms with Gasteiger partial charge in [0.05, 0.1) is 12.7 Å². The SMILES string of the molecule is O=C(OCC12CC3CC(C1)C(O)C(C3)C2)C(F)(F)SOO[O-]. The molecule has 0 amide bonds. The van der Waals surface area contributed by atoms with Crippen molar-refractivity contribution in [3.63, 3.8) is 0 Å². The third-order valence-electron chi connectivity index (χ3n) is 5.26. The third-order valence-corrected chi connectivity index (χ3v) is 5.76. The molecule has 4 aliphatic rings. The molecule has 9 heteroatoms. The lowest BCUT2D eigenvalue weighted by atomic mass is 9.49. The second kappa shape index (κ2) is 5.86. The normalized spacial score (nSPS) is 40.0. The monoisotopic (exact) mass is 339 g/mol. The van der Waals surface area contributed by atoms with E-state index in [-0.39, 0.29) is 30.0 Å². The number of ether oxygens (including phenoxy) is 1. The van der Waals surface area contributed by atoms with Gasteiger partial charge in [-0.25, -0.2) is 4.79 Å². The summed E-state index contributed by atoms with van der Waals surface area (Å²) in [5.74, 6) is -0.911. The van der Waals surface area contributed by atoms with E-state index < -0.39 is 23.3 Å². The van der Waals surface area contributed by atoms with Gasteiger partial charge in [-0.2, -0.15) is 13.1 Å². The van der Waals surface area contributed by atoms with Crippen molar-refractivity contribution < 1.29 is 38.0 Å². The number of rotatable bonds is 6. The molecule has 4 bridgehead atoms. The standard InChI is InChI=1S/C13H18F2O6S/c14-13(15,22-21-20-18)11(17)19-6-12-3-7-1-8(4-12)10(16)9(2-7)5-12/h7-10,16,18H,1-6H2/p-1. The Bertz CT molecular complexity index is 432. The zero-order valence-electron chi connectivity index (χ0n) is 11.7. The van der Waals surface area contributed by atoms with Crippen LogP contribution in [0.4, 0.5) is 8.78 Å². The minimum Gasteiger partial charge on any atom is -0.691 e. The van der Waals surface area contributed by atoms with Gasteiger partial charge in [-0.15, -0.1) is 0 Å². The Morgan fingerprint density at radius 3 is 2.55 bits per heavy atom. The number of esters is 1. The summed E-state index contributed by atoms with van der Waals surface area (Å²) in [4.78, 5) is 11.4. The van der Waals surface area contributed by atoms with Crippen LogP contribution in [0, 0.1) is 23.2 Å². The van der Waals surface area contributed by atoms with E-state index >= 15 is 0 Å². The van der Waals surface area contributed by atoms with Crippen LogP contribution in [0.1, 0.15) is 32.1 Å². The Hall–Kier alpha value is -0.480. The largest absolute Gasteiger partial charge is 0.691 e. The van der Waals surface area contributed by atoms with E-state index in [1.807, 2.05) is 0 Å². The topological polar surface area (TPSA) is 88.1 Å². The van der Waals surface area contributed by atoms with Gasteiger partial charge in [0, 0.05) is 5.41 Å². The van der Waals surface area contributed by atoms with Crippen LogP contribution < -0.4 is 5.26 Å². The molecule has 4 aliphatic carbocycles. The fourth-order valence-electron chi connectivity index (χ4n) is 4.74. The van der Waals surface area contributed by atoms with Crippen molar-refractivity contribution in [2.45, 2.75) is 43.5 Å². The fourth-order valence-corrected chi connectivity index (χ4v) is 4.98. The maximum atomic E-state index is 13.3. The van der Waals surface area contributed by atoms with E-state index in [9.17, 15) is 23.9 Å². The number of aliphatic hydroxyl groups is 1. The molecule has 4 saturated carbocycles. The van der Waals surface area contributed by atoms with Gasteiger partial charge in [-0.1, -0.05) is 0 Å². The summed E-state index contributed by atoms with van der Waals surface area (Å²) in [5, 5.41) is 18.5. The van der Waals surface area contributed by atoms with E-state index in [2.05, 4.69) is 9.37 Å². The lowest BCUT2D eigenvalue weighted by Crippen LogP contribution is -2.55. The molecular weight excluding hydrogens is 322 g/mol. The van der Waals surface area contributed by atoms with E-state index in [1.54, 1.807) is 0 Å². The quantitative estimate of drug-likeness (QED) is 0.336. The Morgan fingerprint density at radius 1 is 1.32 bits per heavy atom. The van der Waals surface area contributed by atoms with Crippen molar-refractivity contribution in [2.24, 2.45) is 23.2 Å². The molecule has 0 aromatic rings. The summed E-state index contributed by atoms with van der Waals surface area (Å²) in [5.41, 5.74) is -0.304. The van der Waals surface area contributed by atoms with Gasteiger partial charge in [0.25, 0.3) is 0 Å². The van der Waals surface area contributed by atoms with Crippen LogP contribution in [-0.2, 0) is 18.9 Å². The van der Waals surface area contributed by atoms with Crippen LogP contribution in [0.2, 0.25) is 0 Å². The van der Waals surface area contributed by atoms with Crippen LogP contribution >= 0.6 is 12.0 Å². The Kier molecular flexibility index (Phi) is 4.36. The number of carbonyl (C=O) groups is 1. The van der Waals surface area contributed by atoms with Crippen molar-refractivity contribution in [3.8, 4) is 0 Å². The highest BCUT2D eigenvalue weighted by Gasteiger charge is 2.56. The molecule has 0 radical (unpaired) electrons. The van der Waals surface area contributed by atoms with Crippen LogP contribution in [0.25, 0.3) is 0 Å². The van der Waals surface area contributed by atoms with Crippen molar-refractivity contribution >= 4 is 18.0 Å². The number of carbonyl (C=O) groups excluding carboxylic acids is 1. The smallest absolute Gasteiger partial charge is 0.415 e. The molecule has 0 aliphatic heterocycles. The van der Waals surface area contributed by atoms with Gasteiger partial charge in [-0.3, -0.25) is 5.04 Å². The van der Waals surface area contributed by atoms with Crippen molar-refractivity contribution in [3.05, 3.63) is 0 Å². The van der Waals surface area contributed by atoms with Crippen LogP contribution in [0.5, 0.6) is 0 Å². The summed E-state index contributed by atoms with van der Waals surface area (Å²) >= 11 is -0.678. The third kappa shape index (κ3) is 2.96. The molecule has 22 heavy (non-hydrogen) atoms. The molecule has 6 nitrogen and oxygen atoms in total. The van der Waals surface area contributed by atoms with Crippen LogP contribution in [0.15, 0.2) is 0 Å². The molecule has 0 saturated heterocycles. The van der Waals surface area contributed by atoms with Gasteiger partial charge in [0.1, 0.15) is 12.0 Å². The summed E-state index contributed by atoms with van der Waals surface area (Å²) < 4.78 is 35.0. The summed E-state index contributed by atoms with van der Waals surface area (Å²) in [6, 6.07) is 0. The van der Waals surface area contributed by atoms with Gasteiger partial charge < -0.3 is 15.1 Å². The minimum absolute atomic E-state index is 0.0869. The molecule has 4 fully saturated rings. The Labute approximate surface area is 130 Å². The average Bonchev–Trinajstić information content (AvgIpc) is 2.47. The van der Waals surface area contributed by atoms with E-state index in [4.69, 9.17) is 4.74 Å². The van der Waals surface area contributed by atoms with Gasteiger partial charge in [0.2, 0.25) is 0 Å². The predicted molar refractivity (Wildman–Crippen MR) is 67.7 cm³/mol. The second-order valence-electron chi connectivity index (χ2n) is 6.77. The summed E-state index contributed by atoms with van der Waals surface area (Å²) in [6.45, 7) is -0.0869. The lowest BCUT2D eigenvalue weighted by Gasteiger charge is -2.58. The first-order valence-corrected chi connectivity index (χ1v) is 7.97. The van der Waals surface area contributed by atoms with Gasteiger partial charge in [0.15, 0.2) is 0 Å². The van der Waals surface area contributed by atoms with E-state index in [1.165, 1.54) is 0 Å². The highest BCUT2D eigenvalue weighted by atomic mass is 32.2. The lowest BCUT2D eigenvalue weighted by molar-refractivity contribution is -0.777. The Morgan fingerprint density at radius 2 is 1.95 bits per heavy atom. The molecule has 4 rings (SSSR count). The minimum atomic E-state index is -3.99. The first kappa shape index (κ1) is 16.4. The van der Waals surface area contributed by atoms with Crippen molar-refractivity contribution in [1.82, 2.24) is 0 Å². The molecular formula is C13H17F2O6S-. The highest BCUT2D eigenvalue weighted by Crippen LogP contribution is 2.60. The number of aliphatic hydroxyl groups excluding tert-OH is 1. The van der Waals surface area contributed by atoms with Crippen LogP contribution in [-0.4, -0.2) is 29.0 Å². The van der Waals surface area contributed by atoms with Crippen molar-refractivity contribution in [1.29, 1.82) is 0 Å². The molecule has 1 N–H and O–H groups in total. The zero-order chi connectivity index (χ0) is 16.0. The Balaban J connectivity index is 1.59. The number of halogens is 2. The van der Waals surface area contributed by atoms with Gasteiger partial charge >= 0.3 is 11.2 Å². The summed E-state index contributed by atoms with van der Waals surface area (Å²) in [7, 11) is 0. The van der Waals surface area contributed by atoms with E-state index in [0.29, 0.717) is 18.8 Å². The predicted octanol–water partition coefficient (Wildman–Crippen LogP) is 1.18. The number of hydrogen-bond acceptors (Lipinski definition) is 7. The van der Waals surface area contributed by atoms with Crippen LogP contribution in [0.3, 0.4) is 0 Å². The zero-order valence-corrected chi connectivity index (χ0v) is 12.5. The number of hydrogen-bond donors (Lipinski definition) is 1. The first-order valence-electron chi connectivity index (χ1n) is 7.23. The second-order valence-corrected chi connectivity index (χ2v) is 7.59. The first-order chi connectivity index (χ1) is 10.4. The maximum absolute atomic E-state index is 13.3. The molecule has 0 aromatic heterocycles. The molecule has 0 aromatic carbocycles. The highest BCUT2D eigenvalue weighted by molar-refractivity contribution is 7.96. The molecule has 2 unspecified atom stereocenters. The average molecular weight is 339 g/mol. The summed E-state index contributed by atoms with van der Waals surface area (Å²) in [6.07, 6.45) is 3.86. The van der Waals surface area contributed by atoms with Gasteiger partial charge in [-0.05, 0) is 49.9 Å². The van der Waals surface area contributed by atoms with E-state index in [0.717, 1.165) is 19.3 Å². The molecule has 0 heterocycles. The molecule has 0 spiro atoms. The molecule has 2 atom stereocenters. The molecule has 126 valence electrons. The fraction of sp³-hybridized carbons (Fsp3) is 0.923.